The molecule has 0 spiro atoms. The van der Waals surface area contributed by atoms with E-state index in [9.17, 15) is 14.4 Å². The average Bonchev–Trinajstić information content (AvgIpc) is 2.45. The van der Waals surface area contributed by atoms with E-state index in [0.29, 0.717) is 22.4 Å². The molecule has 0 aliphatic heterocycles. The summed E-state index contributed by atoms with van der Waals surface area (Å²) in [6.07, 6.45) is 0. The molecule has 0 fully saturated rings. The number of hydrogen-bond donors (Lipinski definition) is 0. The van der Waals surface area contributed by atoms with Gasteiger partial charge in [-0.2, -0.15) is 0 Å². The Bertz CT molecular complexity index is 821. The Morgan fingerprint density at radius 1 is 0.792 bits per heavy atom. The van der Waals surface area contributed by atoms with Gasteiger partial charge in [-0.3, -0.25) is 14.4 Å². The highest BCUT2D eigenvalue weighted by Crippen LogP contribution is 2.26. The van der Waals surface area contributed by atoms with E-state index < -0.39 is 11.9 Å². The Balaban J connectivity index is 2.42. The molecule has 5 nitrogen and oxygen atoms in total. The smallest absolute Gasteiger partial charge is 0.308 e. The number of aryl methyl sites for hydroxylation is 2. The molecule has 0 amide bonds. The summed E-state index contributed by atoms with van der Waals surface area (Å²) in [5, 5.41) is 0. The first kappa shape index (κ1) is 17.4. The second-order valence-corrected chi connectivity index (χ2v) is 5.49. The SMILES string of the molecule is CC(=O)Oc1ccc(C(=O)c2ccc(C)cc2OC(C)=O)c(C)c1. The molecule has 0 saturated carbocycles. The van der Waals surface area contributed by atoms with Gasteiger partial charge in [-0.15, -0.1) is 0 Å². The van der Waals surface area contributed by atoms with E-state index in [1.54, 1.807) is 43.3 Å². The van der Waals surface area contributed by atoms with E-state index in [2.05, 4.69) is 0 Å². The van der Waals surface area contributed by atoms with E-state index in [1.165, 1.54) is 13.8 Å². The van der Waals surface area contributed by atoms with Gasteiger partial charge < -0.3 is 9.47 Å². The third-order valence-corrected chi connectivity index (χ3v) is 3.34. The van der Waals surface area contributed by atoms with E-state index in [4.69, 9.17) is 9.47 Å². The number of rotatable bonds is 4. The van der Waals surface area contributed by atoms with Crippen molar-refractivity contribution < 1.29 is 23.9 Å². The van der Waals surface area contributed by atoms with Crippen molar-refractivity contribution in [2.75, 3.05) is 0 Å². The molecule has 0 bridgehead atoms. The summed E-state index contributed by atoms with van der Waals surface area (Å²) in [4.78, 5) is 35.1. The Labute approximate surface area is 140 Å². The monoisotopic (exact) mass is 326 g/mol. The second-order valence-electron chi connectivity index (χ2n) is 5.49. The van der Waals surface area contributed by atoms with Crippen molar-refractivity contribution in [1.29, 1.82) is 0 Å². The second kappa shape index (κ2) is 7.08. The first-order valence-electron chi connectivity index (χ1n) is 7.40. The summed E-state index contributed by atoms with van der Waals surface area (Å²) in [6.45, 7) is 6.20. The number of benzene rings is 2. The minimum atomic E-state index is -0.489. The maximum atomic E-state index is 12.8. The van der Waals surface area contributed by atoms with Crippen LogP contribution in [-0.4, -0.2) is 17.7 Å². The van der Waals surface area contributed by atoms with Crippen LogP contribution in [0.3, 0.4) is 0 Å². The first-order chi connectivity index (χ1) is 11.3. The van der Waals surface area contributed by atoms with Gasteiger partial charge in [0.2, 0.25) is 0 Å². The third kappa shape index (κ3) is 4.07. The fraction of sp³-hybridized carbons (Fsp3) is 0.211. The zero-order valence-corrected chi connectivity index (χ0v) is 14.0. The zero-order valence-electron chi connectivity index (χ0n) is 14.0. The minimum Gasteiger partial charge on any atom is -0.427 e. The lowest BCUT2D eigenvalue weighted by molar-refractivity contribution is -0.132. The van der Waals surface area contributed by atoms with Crippen LogP contribution >= 0.6 is 0 Å². The van der Waals surface area contributed by atoms with Crippen LogP contribution < -0.4 is 9.47 Å². The number of ether oxygens (including phenoxy) is 2. The highest BCUT2D eigenvalue weighted by molar-refractivity contribution is 6.12. The van der Waals surface area contributed by atoms with Gasteiger partial charge >= 0.3 is 11.9 Å². The lowest BCUT2D eigenvalue weighted by Gasteiger charge is -2.11. The van der Waals surface area contributed by atoms with Gasteiger partial charge in [0.25, 0.3) is 0 Å². The quantitative estimate of drug-likeness (QED) is 0.489. The largest absolute Gasteiger partial charge is 0.427 e. The van der Waals surface area contributed by atoms with Crippen LogP contribution in [0.25, 0.3) is 0 Å². The van der Waals surface area contributed by atoms with E-state index in [0.717, 1.165) is 5.56 Å². The van der Waals surface area contributed by atoms with Crippen LogP contribution in [0, 0.1) is 13.8 Å². The minimum absolute atomic E-state index is 0.232. The average molecular weight is 326 g/mol. The molecule has 5 heteroatoms. The number of carbonyl (C=O) groups excluding carboxylic acids is 3. The summed E-state index contributed by atoms with van der Waals surface area (Å²) in [5.74, 6) is -0.574. The molecular formula is C19H18O5. The van der Waals surface area contributed by atoms with Crippen LogP contribution in [0.2, 0.25) is 0 Å². The molecule has 2 rings (SSSR count). The molecule has 0 aliphatic rings. The van der Waals surface area contributed by atoms with Crippen molar-refractivity contribution >= 4 is 17.7 Å². The maximum Gasteiger partial charge on any atom is 0.308 e. The Morgan fingerprint density at radius 2 is 1.42 bits per heavy atom. The van der Waals surface area contributed by atoms with Gasteiger partial charge in [0.05, 0.1) is 5.56 Å². The van der Waals surface area contributed by atoms with Crippen LogP contribution in [0.5, 0.6) is 11.5 Å². The topological polar surface area (TPSA) is 69.7 Å². The van der Waals surface area contributed by atoms with Crippen LogP contribution in [0.1, 0.15) is 40.9 Å². The van der Waals surface area contributed by atoms with E-state index in [1.807, 2.05) is 6.92 Å². The predicted octanol–water partition coefficient (Wildman–Crippen LogP) is 3.39. The van der Waals surface area contributed by atoms with Crippen molar-refractivity contribution in [1.82, 2.24) is 0 Å². The first-order valence-corrected chi connectivity index (χ1v) is 7.40. The summed E-state index contributed by atoms with van der Waals surface area (Å²) in [7, 11) is 0. The summed E-state index contributed by atoms with van der Waals surface area (Å²) in [6, 6.07) is 9.83. The lowest BCUT2D eigenvalue weighted by Crippen LogP contribution is -2.10. The molecule has 0 N–H and O–H groups in total. The predicted molar refractivity (Wildman–Crippen MR) is 88.4 cm³/mol. The molecule has 0 unspecified atom stereocenters. The van der Waals surface area contributed by atoms with Gasteiger partial charge in [0, 0.05) is 19.4 Å². The van der Waals surface area contributed by atoms with Crippen molar-refractivity contribution in [2.24, 2.45) is 0 Å². The molecule has 2 aromatic rings. The number of hydrogen-bond acceptors (Lipinski definition) is 5. The summed E-state index contributed by atoms with van der Waals surface area (Å²) in [5.41, 5.74) is 2.29. The highest BCUT2D eigenvalue weighted by atomic mass is 16.5. The lowest BCUT2D eigenvalue weighted by atomic mass is 9.97. The van der Waals surface area contributed by atoms with Gasteiger partial charge in [0.1, 0.15) is 11.5 Å². The van der Waals surface area contributed by atoms with Gasteiger partial charge in [-0.25, -0.2) is 0 Å². The molecule has 24 heavy (non-hydrogen) atoms. The third-order valence-electron chi connectivity index (χ3n) is 3.34. The van der Waals surface area contributed by atoms with Gasteiger partial charge in [-0.05, 0) is 55.3 Å². The summed E-state index contributed by atoms with van der Waals surface area (Å²) >= 11 is 0. The van der Waals surface area contributed by atoms with Crippen molar-refractivity contribution in [3.8, 4) is 11.5 Å². The fourth-order valence-electron chi connectivity index (χ4n) is 2.32. The molecular weight excluding hydrogens is 308 g/mol. The molecule has 0 aromatic heterocycles. The Morgan fingerprint density at radius 3 is 2.00 bits per heavy atom. The maximum absolute atomic E-state index is 12.8. The molecule has 124 valence electrons. The molecule has 0 radical (unpaired) electrons. The number of esters is 2. The molecule has 2 aromatic carbocycles. The van der Waals surface area contributed by atoms with E-state index >= 15 is 0 Å². The van der Waals surface area contributed by atoms with Crippen molar-refractivity contribution in [3.05, 3.63) is 58.7 Å². The number of ketones is 1. The fourth-order valence-corrected chi connectivity index (χ4v) is 2.32. The molecule has 0 atom stereocenters. The van der Waals surface area contributed by atoms with Gasteiger partial charge in [-0.1, -0.05) is 6.07 Å². The zero-order chi connectivity index (χ0) is 17.9. The molecule has 0 heterocycles. The highest BCUT2D eigenvalue weighted by Gasteiger charge is 2.18. The Hall–Kier alpha value is -2.95. The van der Waals surface area contributed by atoms with Crippen LogP contribution in [0.15, 0.2) is 36.4 Å². The van der Waals surface area contributed by atoms with Crippen molar-refractivity contribution in [3.63, 3.8) is 0 Å². The van der Waals surface area contributed by atoms with E-state index in [-0.39, 0.29) is 11.5 Å². The van der Waals surface area contributed by atoms with Crippen LogP contribution in [-0.2, 0) is 9.59 Å². The van der Waals surface area contributed by atoms with Crippen molar-refractivity contribution in [2.45, 2.75) is 27.7 Å². The molecule has 0 saturated heterocycles. The molecule has 0 aliphatic carbocycles. The van der Waals surface area contributed by atoms with Gasteiger partial charge in [0.15, 0.2) is 5.78 Å². The standard InChI is InChI=1S/C19H18O5/c1-11-5-7-17(18(9-11)24-14(4)21)19(22)16-8-6-15(10-12(16)2)23-13(3)20/h5-10H,1-4H3. The Kier molecular flexibility index (Phi) is 5.14. The number of carbonyl (C=O) groups is 3. The summed E-state index contributed by atoms with van der Waals surface area (Å²) < 4.78 is 10.2. The normalized spacial score (nSPS) is 10.2. The van der Waals surface area contributed by atoms with Crippen LogP contribution in [0.4, 0.5) is 0 Å².